The summed E-state index contributed by atoms with van der Waals surface area (Å²) in [4.78, 5) is 0. The van der Waals surface area contributed by atoms with Crippen molar-refractivity contribution in [3.8, 4) is 0 Å². The highest BCUT2D eigenvalue weighted by Crippen LogP contribution is 2.07. The van der Waals surface area contributed by atoms with Gasteiger partial charge in [0.05, 0.1) is 19.3 Å². The lowest BCUT2D eigenvalue weighted by Gasteiger charge is -2.26. The number of ether oxygens (including phenoxy) is 1. The highest BCUT2D eigenvalue weighted by atomic mass is 127. The molecule has 1 heterocycles. The van der Waals surface area contributed by atoms with Crippen molar-refractivity contribution in [2.24, 2.45) is 5.10 Å². The van der Waals surface area contributed by atoms with E-state index in [2.05, 4.69) is 15.8 Å². The Labute approximate surface area is 119 Å². The summed E-state index contributed by atoms with van der Waals surface area (Å²) in [5.74, 6) is 0. The summed E-state index contributed by atoms with van der Waals surface area (Å²) >= 11 is 1.76. The van der Waals surface area contributed by atoms with E-state index in [0.717, 1.165) is 6.21 Å². The third-order valence-corrected chi connectivity index (χ3v) is 2.87. The number of rotatable bonds is 7. The molecule has 5 N–H and O–H groups in total. The van der Waals surface area contributed by atoms with E-state index in [1.807, 2.05) is 0 Å². The molecule has 0 aliphatic carbocycles. The fraction of sp³-hybridized carbons (Fsp3) is 0.500. The maximum Gasteiger partial charge on any atom is 0.128 e. The molecule has 0 bridgehead atoms. The van der Waals surface area contributed by atoms with E-state index in [9.17, 15) is 5.11 Å². The molecule has 0 spiro atoms. The lowest BCUT2D eigenvalue weighted by atomic mass is 10.1. The summed E-state index contributed by atoms with van der Waals surface area (Å²) in [6, 6.07) is 0.218. The van der Waals surface area contributed by atoms with Crippen molar-refractivity contribution >= 4 is 38.2 Å². The van der Waals surface area contributed by atoms with Crippen molar-refractivity contribution in [3.05, 3.63) is 11.8 Å². The Morgan fingerprint density at radius 1 is 1.61 bits per heavy atom. The van der Waals surface area contributed by atoms with Gasteiger partial charge in [-0.1, -0.05) is 0 Å². The second-order valence-electron chi connectivity index (χ2n) is 3.63. The van der Waals surface area contributed by atoms with Crippen molar-refractivity contribution in [3.63, 3.8) is 0 Å². The molecule has 8 heteroatoms. The van der Waals surface area contributed by atoms with Gasteiger partial charge in [-0.2, -0.15) is 5.10 Å². The average Bonchev–Trinajstić information content (AvgIpc) is 2.28. The molecular weight excluding hydrogens is 349 g/mol. The van der Waals surface area contributed by atoms with E-state index in [0.29, 0.717) is 18.8 Å². The Bertz CT molecular complexity index is 378. The van der Waals surface area contributed by atoms with Gasteiger partial charge in [0, 0.05) is 25.0 Å². The van der Waals surface area contributed by atoms with Crippen LogP contribution in [0.4, 0.5) is 0 Å². The molecule has 1 unspecified atom stereocenters. The van der Waals surface area contributed by atoms with E-state index in [1.165, 1.54) is 0 Å². The van der Waals surface area contributed by atoms with E-state index in [4.69, 9.17) is 15.6 Å². The van der Waals surface area contributed by atoms with Crippen LogP contribution in [0.1, 0.15) is 0 Å². The van der Waals surface area contributed by atoms with Gasteiger partial charge in [-0.25, -0.2) is 0 Å². The number of hydrazone groups is 1. The molecule has 1 aliphatic rings. The van der Waals surface area contributed by atoms with Crippen molar-refractivity contribution in [2.75, 3.05) is 20.3 Å². The van der Waals surface area contributed by atoms with E-state index >= 15 is 0 Å². The quantitative estimate of drug-likeness (QED) is 0.245. The molecular formula is C10H16IN5O2. The number of aliphatic hydroxyl groups excluding tert-OH is 1. The molecule has 0 aromatic rings. The van der Waals surface area contributed by atoms with Gasteiger partial charge >= 0.3 is 0 Å². The summed E-state index contributed by atoms with van der Waals surface area (Å²) in [6.07, 6.45) is 1.50. The zero-order valence-electron chi connectivity index (χ0n) is 9.90. The molecule has 1 rings (SSSR count). The summed E-state index contributed by atoms with van der Waals surface area (Å²) in [7, 11) is 1.59. The van der Waals surface area contributed by atoms with Gasteiger partial charge < -0.3 is 26.0 Å². The molecule has 1 fully saturated rings. The maximum atomic E-state index is 10.1. The van der Waals surface area contributed by atoms with Gasteiger partial charge in [0.1, 0.15) is 15.5 Å². The first-order chi connectivity index (χ1) is 8.60. The smallest absolute Gasteiger partial charge is 0.128 e. The summed E-state index contributed by atoms with van der Waals surface area (Å²) < 4.78 is 5.12. The Morgan fingerprint density at radius 3 is 2.67 bits per heavy atom. The molecule has 0 aromatic heterocycles. The van der Waals surface area contributed by atoms with Crippen molar-refractivity contribution < 1.29 is 9.84 Å². The Balaban J connectivity index is 2.75. The zero-order chi connectivity index (χ0) is 13.5. The second kappa shape index (κ2) is 7.44. The van der Waals surface area contributed by atoms with Crippen LogP contribution in [0.15, 0.2) is 16.9 Å². The van der Waals surface area contributed by atoms with Crippen molar-refractivity contribution in [1.29, 1.82) is 10.8 Å². The summed E-state index contributed by atoms with van der Waals surface area (Å²) in [6.45, 7) is 1.24. The number of nitrogens with zero attached hydrogens (tertiary/aromatic N) is 1. The van der Waals surface area contributed by atoms with Crippen LogP contribution in [-0.2, 0) is 4.74 Å². The third kappa shape index (κ3) is 4.03. The zero-order valence-corrected chi connectivity index (χ0v) is 12.1. The van der Waals surface area contributed by atoms with E-state index in [-0.39, 0.29) is 15.5 Å². The number of halogens is 1. The molecule has 0 saturated carbocycles. The van der Waals surface area contributed by atoms with Crippen LogP contribution >= 0.6 is 22.6 Å². The minimum absolute atomic E-state index is 0.120. The second-order valence-corrected chi connectivity index (χ2v) is 4.71. The fourth-order valence-corrected chi connectivity index (χ4v) is 1.67. The van der Waals surface area contributed by atoms with E-state index in [1.54, 1.807) is 35.8 Å². The topological polar surface area (TPSA) is 114 Å². The van der Waals surface area contributed by atoms with Gasteiger partial charge in [-0.3, -0.25) is 5.41 Å². The van der Waals surface area contributed by atoms with Crippen LogP contribution in [-0.4, -0.2) is 53.2 Å². The first kappa shape index (κ1) is 15.1. The third-order valence-electron chi connectivity index (χ3n) is 2.32. The van der Waals surface area contributed by atoms with Gasteiger partial charge in [-0.15, -0.1) is 0 Å². The average molecular weight is 365 g/mol. The van der Waals surface area contributed by atoms with Crippen LogP contribution in [0.2, 0.25) is 0 Å². The Hall–Kier alpha value is -1.00. The monoisotopic (exact) mass is 365 g/mol. The number of aliphatic hydroxyl groups is 1. The van der Waals surface area contributed by atoms with E-state index < -0.39 is 6.10 Å². The van der Waals surface area contributed by atoms with Crippen LogP contribution in [0.25, 0.3) is 0 Å². The molecule has 7 nitrogen and oxygen atoms in total. The van der Waals surface area contributed by atoms with Gasteiger partial charge in [0.2, 0.25) is 0 Å². The molecule has 0 amide bonds. The lowest BCUT2D eigenvalue weighted by molar-refractivity contribution is 0.000632. The highest BCUT2D eigenvalue weighted by molar-refractivity contribution is 14.1. The van der Waals surface area contributed by atoms with Crippen LogP contribution in [0.5, 0.6) is 0 Å². The van der Waals surface area contributed by atoms with Crippen LogP contribution in [0.3, 0.4) is 0 Å². The first-order valence-electron chi connectivity index (χ1n) is 5.31. The largest absolute Gasteiger partial charge is 0.383 e. The van der Waals surface area contributed by atoms with Crippen molar-refractivity contribution in [2.45, 2.75) is 12.1 Å². The number of hydrogen-bond acceptors (Lipinski definition) is 7. The predicted molar refractivity (Wildman–Crippen MR) is 78.9 cm³/mol. The fourth-order valence-electron chi connectivity index (χ4n) is 1.25. The van der Waals surface area contributed by atoms with Gasteiger partial charge in [0.25, 0.3) is 0 Å². The van der Waals surface area contributed by atoms with Gasteiger partial charge in [-0.05, 0) is 22.6 Å². The Kier molecular flexibility index (Phi) is 6.22. The van der Waals surface area contributed by atoms with Crippen LogP contribution < -0.4 is 10.7 Å². The van der Waals surface area contributed by atoms with Crippen LogP contribution in [0, 0.1) is 10.8 Å². The lowest BCUT2D eigenvalue weighted by Crippen LogP contribution is -2.44. The summed E-state index contributed by atoms with van der Waals surface area (Å²) in [5, 5.41) is 31.8. The molecule has 1 saturated heterocycles. The maximum absolute atomic E-state index is 10.1. The number of nitrogens with one attached hydrogen (secondary N) is 4. The molecule has 18 heavy (non-hydrogen) atoms. The predicted octanol–water partition coefficient (Wildman–Crippen LogP) is -0.143. The number of hydrogen-bond donors (Lipinski definition) is 5. The standard InChI is InChI=1S/C10H16IN5O2/c1-14-16-8(10(11)13)9(17)6(2-12)3-15-7-4-18-5-7/h2-3,7,9,12-15,17H,4-5H2,1H3/b6-3+,12-2?,13-10?,16-8-. The molecule has 1 aliphatic heterocycles. The molecule has 1 atom stereocenters. The molecule has 100 valence electrons. The SMILES string of the molecule is CN/N=C(\C(=N)I)C(O)/C(C=N)=C/NC1COC1. The van der Waals surface area contributed by atoms with Gasteiger partial charge in [0.15, 0.2) is 0 Å². The van der Waals surface area contributed by atoms with Crippen molar-refractivity contribution in [1.82, 2.24) is 10.7 Å². The highest BCUT2D eigenvalue weighted by Gasteiger charge is 2.21. The normalized spacial score (nSPS) is 18.8. The molecule has 0 aromatic carbocycles. The summed E-state index contributed by atoms with van der Waals surface area (Å²) in [5.41, 5.74) is 3.06. The first-order valence-corrected chi connectivity index (χ1v) is 6.39. The minimum Gasteiger partial charge on any atom is -0.383 e. The Morgan fingerprint density at radius 2 is 2.28 bits per heavy atom. The molecule has 0 radical (unpaired) electrons. The minimum atomic E-state index is -1.10.